The van der Waals surface area contributed by atoms with Crippen molar-refractivity contribution in [2.75, 3.05) is 13.2 Å². The molecular formula is C15H17NO4. The quantitative estimate of drug-likeness (QED) is 0.803. The maximum Gasteiger partial charge on any atom is 0.346 e. The van der Waals surface area contributed by atoms with Crippen LogP contribution in [0.25, 0.3) is 10.9 Å². The lowest BCUT2D eigenvalue weighted by Crippen LogP contribution is -2.16. The first kappa shape index (κ1) is 13.0. The molecule has 0 bridgehead atoms. The minimum Gasteiger partial charge on any atom is -0.486 e. The van der Waals surface area contributed by atoms with Gasteiger partial charge < -0.3 is 13.9 Å². The zero-order valence-electron chi connectivity index (χ0n) is 11.5. The molecule has 20 heavy (non-hydrogen) atoms. The Morgan fingerprint density at radius 3 is 2.65 bits per heavy atom. The van der Waals surface area contributed by atoms with Gasteiger partial charge in [-0.25, -0.2) is 9.78 Å². The van der Waals surface area contributed by atoms with Crippen LogP contribution in [0.5, 0.6) is 11.5 Å². The summed E-state index contributed by atoms with van der Waals surface area (Å²) in [7, 11) is 0. The highest BCUT2D eigenvalue weighted by Gasteiger charge is 2.16. The van der Waals surface area contributed by atoms with Gasteiger partial charge in [-0.05, 0) is 6.42 Å². The fraction of sp³-hybridized carbons (Fsp3) is 0.467. The van der Waals surface area contributed by atoms with Gasteiger partial charge in [-0.1, -0.05) is 19.8 Å². The molecule has 5 nitrogen and oxygen atoms in total. The maximum atomic E-state index is 12.0. The lowest BCUT2D eigenvalue weighted by atomic mass is 10.2. The van der Waals surface area contributed by atoms with Gasteiger partial charge in [-0.3, -0.25) is 0 Å². The Morgan fingerprint density at radius 1 is 1.15 bits per heavy atom. The lowest BCUT2D eigenvalue weighted by Gasteiger charge is -2.18. The van der Waals surface area contributed by atoms with E-state index in [9.17, 15) is 4.79 Å². The second-order valence-corrected chi connectivity index (χ2v) is 4.87. The molecule has 1 aromatic heterocycles. The fourth-order valence-corrected chi connectivity index (χ4v) is 2.29. The van der Waals surface area contributed by atoms with E-state index in [0.717, 1.165) is 19.3 Å². The van der Waals surface area contributed by atoms with Crippen molar-refractivity contribution < 1.29 is 13.9 Å². The Morgan fingerprint density at radius 2 is 1.90 bits per heavy atom. The first-order chi connectivity index (χ1) is 9.78. The van der Waals surface area contributed by atoms with Crippen molar-refractivity contribution >= 4 is 10.9 Å². The number of nitrogens with zero attached hydrogens (tertiary/aromatic N) is 1. The average molecular weight is 275 g/mol. The number of fused-ring (bicyclic) bond motifs is 2. The van der Waals surface area contributed by atoms with Crippen LogP contribution >= 0.6 is 0 Å². The van der Waals surface area contributed by atoms with E-state index < -0.39 is 0 Å². The third-order valence-corrected chi connectivity index (χ3v) is 3.33. The van der Waals surface area contributed by atoms with E-state index in [-0.39, 0.29) is 5.63 Å². The van der Waals surface area contributed by atoms with Gasteiger partial charge >= 0.3 is 5.63 Å². The summed E-state index contributed by atoms with van der Waals surface area (Å²) in [6.45, 7) is 3.14. The molecule has 5 heteroatoms. The van der Waals surface area contributed by atoms with Crippen LogP contribution < -0.4 is 15.1 Å². The number of aryl methyl sites for hydroxylation is 1. The summed E-state index contributed by atoms with van der Waals surface area (Å²) in [4.78, 5) is 16.4. The molecule has 0 saturated carbocycles. The SMILES string of the molecule is CCCCCc1nc2cc3c(cc2c(=O)o1)OCCO3. The molecule has 2 aromatic rings. The molecule has 0 saturated heterocycles. The zero-order chi connectivity index (χ0) is 13.9. The summed E-state index contributed by atoms with van der Waals surface area (Å²) >= 11 is 0. The van der Waals surface area contributed by atoms with E-state index in [1.54, 1.807) is 12.1 Å². The van der Waals surface area contributed by atoms with Crippen molar-refractivity contribution in [1.82, 2.24) is 4.98 Å². The molecule has 0 atom stereocenters. The monoisotopic (exact) mass is 275 g/mol. The summed E-state index contributed by atoms with van der Waals surface area (Å²) in [5.41, 5.74) is 0.246. The molecule has 1 aliphatic heterocycles. The van der Waals surface area contributed by atoms with Crippen LogP contribution in [-0.2, 0) is 6.42 Å². The van der Waals surface area contributed by atoms with Gasteiger partial charge in [0.25, 0.3) is 0 Å². The summed E-state index contributed by atoms with van der Waals surface area (Å²) in [6, 6.07) is 3.41. The number of unbranched alkanes of at least 4 members (excludes halogenated alkanes) is 2. The average Bonchev–Trinajstić information content (AvgIpc) is 2.46. The molecule has 0 N–H and O–H groups in total. The van der Waals surface area contributed by atoms with E-state index >= 15 is 0 Å². The molecule has 0 unspecified atom stereocenters. The molecule has 106 valence electrons. The van der Waals surface area contributed by atoms with Crippen molar-refractivity contribution in [3.05, 3.63) is 28.4 Å². The van der Waals surface area contributed by atoms with E-state index in [1.165, 1.54) is 0 Å². The van der Waals surface area contributed by atoms with Crippen molar-refractivity contribution in [1.29, 1.82) is 0 Å². The minimum atomic E-state index is -0.363. The Kier molecular flexibility index (Phi) is 3.58. The lowest BCUT2D eigenvalue weighted by molar-refractivity contribution is 0.172. The van der Waals surface area contributed by atoms with E-state index in [2.05, 4.69) is 11.9 Å². The highest BCUT2D eigenvalue weighted by Crippen LogP contribution is 2.32. The molecule has 1 aliphatic rings. The second kappa shape index (κ2) is 5.53. The second-order valence-electron chi connectivity index (χ2n) is 4.87. The normalized spacial score (nSPS) is 13.7. The van der Waals surface area contributed by atoms with Crippen LogP contribution in [-0.4, -0.2) is 18.2 Å². The van der Waals surface area contributed by atoms with E-state index in [4.69, 9.17) is 13.9 Å². The van der Waals surface area contributed by atoms with E-state index in [1.807, 2.05) is 0 Å². The van der Waals surface area contributed by atoms with Crippen molar-refractivity contribution in [2.24, 2.45) is 0 Å². The standard InChI is InChI=1S/C15H17NO4/c1-2-3-4-5-14-16-11-9-13-12(18-6-7-19-13)8-10(11)15(17)20-14/h8-9H,2-7H2,1H3. The molecule has 0 amide bonds. The Balaban J connectivity index is 2.00. The minimum absolute atomic E-state index is 0.363. The Bertz CT molecular complexity index is 677. The van der Waals surface area contributed by atoms with Crippen molar-refractivity contribution in [2.45, 2.75) is 32.6 Å². The number of ether oxygens (including phenoxy) is 2. The van der Waals surface area contributed by atoms with E-state index in [0.29, 0.717) is 47.9 Å². The summed E-state index contributed by atoms with van der Waals surface area (Å²) in [5.74, 6) is 1.71. The first-order valence-electron chi connectivity index (χ1n) is 7.01. The van der Waals surface area contributed by atoms with Gasteiger partial charge in [0, 0.05) is 18.6 Å². The van der Waals surface area contributed by atoms with Crippen LogP contribution in [0.15, 0.2) is 21.3 Å². The predicted molar refractivity (Wildman–Crippen MR) is 74.5 cm³/mol. The maximum absolute atomic E-state index is 12.0. The first-order valence-corrected chi connectivity index (χ1v) is 7.01. The Labute approximate surface area is 116 Å². The highest BCUT2D eigenvalue weighted by molar-refractivity contribution is 5.81. The third-order valence-electron chi connectivity index (χ3n) is 3.33. The van der Waals surface area contributed by atoms with Crippen LogP contribution in [0.1, 0.15) is 32.1 Å². The van der Waals surface area contributed by atoms with Crippen LogP contribution in [0.3, 0.4) is 0 Å². The van der Waals surface area contributed by atoms with Gasteiger partial charge in [-0.2, -0.15) is 0 Å². The number of aromatic nitrogens is 1. The number of rotatable bonds is 4. The van der Waals surface area contributed by atoms with Crippen molar-refractivity contribution in [3.8, 4) is 11.5 Å². The number of benzene rings is 1. The fourth-order valence-electron chi connectivity index (χ4n) is 2.29. The van der Waals surface area contributed by atoms with Crippen molar-refractivity contribution in [3.63, 3.8) is 0 Å². The van der Waals surface area contributed by atoms with Crippen LogP contribution in [0.2, 0.25) is 0 Å². The topological polar surface area (TPSA) is 61.6 Å². The molecular weight excluding hydrogens is 258 g/mol. The van der Waals surface area contributed by atoms with Gasteiger partial charge in [0.2, 0.25) is 0 Å². The Hall–Kier alpha value is -2.04. The number of hydrogen-bond acceptors (Lipinski definition) is 5. The zero-order valence-corrected chi connectivity index (χ0v) is 11.5. The predicted octanol–water partition coefficient (Wildman–Crippen LogP) is 2.69. The van der Waals surface area contributed by atoms with Gasteiger partial charge in [0.15, 0.2) is 17.4 Å². The van der Waals surface area contributed by atoms with Gasteiger partial charge in [-0.15, -0.1) is 0 Å². The van der Waals surface area contributed by atoms with Gasteiger partial charge in [0.05, 0.1) is 10.9 Å². The van der Waals surface area contributed by atoms with Gasteiger partial charge in [0.1, 0.15) is 13.2 Å². The smallest absolute Gasteiger partial charge is 0.346 e. The van der Waals surface area contributed by atoms with Crippen LogP contribution in [0, 0.1) is 0 Å². The largest absolute Gasteiger partial charge is 0.486 e. The molecule has 0 spiro atoms. The highest BCUT2D eigenvalue weighted by atomic mass is 16.6. The molecule has 0 aliphatic carbocycles. The molecule has 0 fully saturated rings. The molecule has 3 rings (SSSR count). The number of hydrogen-bond donors (Lipinski definition) is 0. The summed E-state index contributed by atoms with van der Waals surface area (Å²) in [6.07, 6.45) is 3.89. The summed E-state index contributed by atoms with van der Waals surface area (Å²) in [5, 5.41) is 0.438. The molecule has 0 radical (unpaired) electrons. The third kappa shape index (κ3) is 2.48. The van der Waals surface area contributed by atoms with Crippen LogP contribution in [0.4, 0.5) is 0 Å². The summed E-state index contributed by atoms with van der Waals surface area (Å²) < 4.78 is 16.2. The molecule has 1 aromatic carbocycles. The molecule has 2 heterocycles.